The predicted octanol–water partition coefficient (Wildman–Crippen LogP) is -15.0. The van der Waals surface area contributed by atoms with Crippen molar-refractivity contribution in [1.29, 1.82) is 0 Å². The fourth-order valence-corrected chi connectivity index (χ4v) is 0. The molecule has 0 aromatic heterocycles. The van der Waals surface area contributed by atoms with Crippen molar-refractivity contribution in [3.05, 3.63) is 0 Å². The summed E-state index contributed by atoms with van der Waals surface area (Å²) < 4.78 is 0. The van der Waals surface area contributed by atoms with Crippen molar-refractivity contribution in [3.8, 4) is 0 Å². The van der Waals surface area contributed by atoms with Gasteiger partial charge in [-0.15, -0.1) is 0 Å². The zero-order valence-electron chi connectivity index (χ0n) is 2.39. The summed E-state index contributed by atoms with van der Waals surface area (Å²) >= 11 is 0. The molecule has 0 saturated carbocycles. The van der Waals surface area contributed by atoms with Gasteiger partial charge in [0.1, 0.15) is 0 Å². The van der Waals surface area contributed by atoms with E-state index in [4.69, 9.17) is 0 Å². The van der Waals surface area contributed by atoms with Gasteiger partial charge in [-0.25, -0.2) is 0 Å². The van der Waals surface area contributed by atoms with Gasteiger partial charge in [0.05, 0.1) is 0 Å². The molecule has 0 aliphatic heterocycles. The van der Waals surface area contributed by atoms with Crippen LogP contribution in [0.3, 0.4) is 0 Å². The summed E-state index contributed by atoms with van der Waals surface area (Å²) in [6, 6.07) is 0. The van der Waals surface area contributed by atoms with E-state index in [2.05, 4.69) is 0 Å². The number of hydrogen-bond donors (Lipinski definition) is 0. The number of hydrogen-bond acceptors (Lipinski definition) is 0. The third kappa shape index (κ3) is 26.0. The molecule has 0 aliphatic rings. The van der Waals surface area contributed by atoms with Gasteiger partial charge in [0.2, 0.25) is 0 Å². The van der Waals surface area contributed by atoms with Crippen molar-refractivity contribution in [2.45, 2.75) is 0 Å². The van der Waals surface area contributed by atoms with E-state index >= 15 is 0 Å². The smallest absolute Gasteiger partial charge is 0 e. The molecule has 0 unspecified atom stereocenters. The van der Waals surface area contributed by atoms with Crippen LogP contribution in [-0.2, 0) is 0 Å². The molecular formula is Br5U-5. The van der Waals surface area contributed by atoms with Crippen molar-refractivity contribution < 1.29 is 116 Å². The molecule has 0 radical (unpaired) electrons. The van der Waals surface area contributed by atoms with Gasteiger partial charge in [-0.05, 0) is 0 Å². The Balaban J connectivity index is 0. The van der Waals surface area contributed by atoms with Crippen LogP contribution in [0.1, 0.15) is 0 Å². The van der Waals surface area contributed by atoms with Gasteiger partial charge in [0.25, 0.3) is 0 Å². The molecule has 0 amide bonds. The molecule has 6 heteroatoms. The van der Waals surface area contributed by atoms with Crippen molar-refractivity contribution in [1.82, 2.24) is 0 Å². The molecule has 0 N–H and O–H groups in total. The second kappa shape index (κ2) is 39.4. The summed E-state index contributed by atoms with van der Waals surface area (Å²) in [5.41, 5.74) is 0. The van der Waals surface area contributed by atoms with E-state index in [1.807, 2.05) is 0 Å². The van der Waals surface area contributed by atoms with E-state index in [0.29, 0.717) is 0 Å². The first-order valence-electron chi connectivity index (χ1n) is 0. The molecule has 0 aromatic carbocycles. The van der Waals surface area contributed by atoms with Crippen LogP contribution in [0.2, 0.25) is 0 Å². The van der Waals surface area contributed by atoms with Crippen LogP contribution >= 0.6 is 0 Å². The molecule has 0 atom stereocenters. The molecule has 44 valence electrons. The third-order valence-electron chi connectivity index (χ3n) is 0. The normalized spacial score (nSPS) is 0. The molecule has 0 bridgehead atoms. The van der Waals surface area contributed by atoms with Crippen molar-refractivity contribution >= 4 is 0 Å². The summed E-state index contributed by atoms with van der Waals surface area (Å²) in [7, 11) is 0. The zero-order valence-corrected chi connectivity index (χ0v) is 14.5. The summed E-state index contributed by atoms with van der Waals surface area (Å²) in [4.78, 5) is 0. The Morgan fingerprint density at radius 3 is 0.333 bits per heavy atom. The van der Waals surface area contributed by atoms with E-state index in [-0.39, 0.29) is 116 Å². The summed E-state index contributed by atoms with van der Waals surface area (Å²) in [6.07, 6.45) is 0. The van der Waals surface area contributed by atoms with E-state index in [1.165, 1.54) is 0 Å². The Labute approximate surface area is 114 Å². The minimum Gasteiger partial charge on any atom is -1.00 e. The SMILES string of the molecule is [Br-].[Br-].[Br-].[Br-].[Br-].[U]. The van der Waals surface area contributed by atoms with Crippen LogP contribution in [0, 0.1) is 31.1 Å². The summed E-state index contributed by atoms with van der Waals surface area (Å²) in [6.45, 7) is 0. The maximum atomic E-state index is 0. The molecule has 0 fully saturated rings. The van der Waals surface area contributed by atoms with Gasteiger partial charge in [-0.1, -0.05) is 0 Å². The fraction of sp³-hybridized carbons (Fsp3) is 0. The van der Waals surface area contributed by atoms with E-state index in [1.54, 1.807) is 0 Å². The number of rotatable bonds is 0. The second-order valence-electron chi connectivity index (χ2n) is 0. The van der Waals surface area contributed by atoms with Crippen LogP contribution in [0.15, 0.2) is 0 Å². The van der Waals surface area contributed by atoms with Crippen molar-refractivity contribution in [2.75, 3.05) is 0 Å². The van der Waals surface area contributed by atoms with E-state index in [0.717, 1.165) is 0 Å². The van der Waals surface area contributed by atoms with Crippen molar-refractivity contribution in [3.63, 3.8) is 0 Å². The van der Waals surface area contributed by atoms with Gasteiger partial charge >= 0.3 is 0 Å². The molecule has 0 saturated heterocycles. The molecule has 0 aliphatic carbocycles. The largest absolute Gasteiger partial charge is 1.00 e. The first-order chi connectivity index (χ1) is 0. The average molecular weight is 638 g/mol. The Morgan fingerprint density at radius 1 is 0.333 bits per heavy atom. The van der Waals surface area contributed by atoms with Crippen LogP contribution in [0.5, 0.6) is 0 Å². The van der Waals surface area contributed by atoms with Gasteiger partial charge in [0, 0.05) is 31.1 Å². The molecule has 0 heterocycles. The minimum absolute atomic E-state index is 0. The third-order valence-corrected chi connectivity index (χ3v) is 0. The van der Waals surface area contributed by atoms with Gasteiger partial charge in [0.15, 0.2) is 0 Å². The standard InChI is InChI=1S/5BrH.U/h5*1H;/p-5. The average Bonchev–Trinajstić information content (AvgIpc) is 0. The maximum absolute atomic E-state index is 0. The van der Waals surface area contributed by atoms with Crippen LogP contribution in [-0.4, -0.2) is 0 Å². The van der Waals surface area contributed by atoms with Gasteiger partial charge in [-0.3, -0.25) is 0 Å². The molecule has 0 aromatic rings. The van der Waals surface area contributed by atoms with Gasteiger partial charge < -0.3 is 84.9 Å². The Hall–Kier alpha value is 3.45. The molecular weight excluding hydrogens is 638 g/mol. The predicted molar refractivity (Wildman–Crippen MR) is 0 cm³/mol. The molecule has 0 spiro atoms. The molecule has 6 heavy (non-hydrogen) atoms. The molecule has 0 nitrogen and oxygen atoms in total. The monoisotopic (exact) mass is 633 g/mol. The topological polar surface area (TPSA) is 0 Å². The van der Waals surface area contributed by atoms with Crippen LogP contribution in [0.4, 0.5) is 0 Å². The summed E-state index contributed by atoms with van der Waals surface area (Å²) in [5.74, 6) is 0. The first-order valence-corrected chi connectivity index (χ1v) is 0. The quantitative estimate of drug-likeness (QED) is 0.248. The van der Waals surface area contributed by atoms with Crippen LogP contribution in [0.25, 0.3) is 0 Å². The summed E-state index contributed by atoms with van der Waals surface area (Å²) in [5, 5.41) is 0. The Kier molecular flexibility index (Phi) is 372. The second-order valence-corrected chi connectivity index (χ2v) is 0. The van der Waals surface area contributed by atoms with Crippen LogP contribution < -0.4 is 84.9 Å². The van der Waals surface area contributed by atoms with Gasteiger partial charge in [-0.2, -0.15) is 0 Å². The molecule has 0 rings (SSSR count). The number of halogens is 5. The first kappa shape index (κ1) is 56.7. The fourth-order valence-electron chi connectivity index (χ4n) is 0. The van der Waals surface area contributed by atoms with E-state index in [9.17, 15) is 0 Å². The Morgan fingerprint density at radius 2 is 0.333 bits per heavy atom. The van der Waals surface area contributed by atoms with Crippen molar-refractivity contribution in [2.24, 2.45) is 0 Å². The maximum Gasteiger partial charge on any atom is 0 e. The minimum atomic E-state index is 0. The van der Waals surface area contributed by atoms with E-state index < -0.39 is 0 Å². The Bertz CT molecular complexity index is 3.90. The zero-order chi connectivity index (χ0) is 0.